The van der Waals surface area contributed by atoms with Gasteiger partial charge in [0.25, 0.3) is 0 Å². The number of hydrogen-bond donors (Lipinski definition) is 1. The molecular formula is C15H9F6N. The van der Waals surface area contributed by atoms with Crippen LogP contribution in [-0.4, -0.2) is 0 Å². The quantitative estimate of drug-likeness (QED) is 0.464. The number of halogens is 6. The summed E-state index contributed by atoms with van der Waals surface area (Å²) < 4.78 is 78.3. The molecule has 2 aromatic rings. The van der Waals surface area contributed by atoms with Crippen LogP contribution in [0.2, 0.25) is 0 Å². The fourth-order valence-corrected chi connectivity index (χ4v) is 2.83. The van der Waals surface area contributed by atoms with Crippen molar-refractivity contribution in [1.82, 2.24) is 0 Å². The number of nitrogen functional groups attached to an aromatic ring is 1. The number of anilines is 1. The van der Waals surface area contributed by atoms with Gasteiger partial charge < -0.3 is 5.73 Å². The van der Waals surface area contributed by atoms with Crippen LogP contribution < -0.4 is 5.73 Å². The summed E-state index contributed by atoms with van der Waals surface area (Å²) in [6.45, 7) is 0. The van der Waals surface area contributed by atoms with E-state index in [1.54, 1.807) is 24.3 Å². The first-order chi connectivity index (χ1) is 10.1. The average molecular weight is 317 g/mol. The Morgan fingerprint density at radius 2 is 1.50 bits per heavy atom. The first-order valence-electron chi connectivity index (χ1n) is 6.28. The maximum atomic E-state index is 13.1. The van der Waals surface area contributed by atoms with Gasteiger partial charge in [-0.3, -0.25) is 0 Å². The zero-order valence-electron chi connectivity index (χ0n) is 10.9. The van der Waals surface area contributed by atoms with E-state index in [-0.39, 0.29) is 17.5 Å². The zero-order chi connectivity index (χ0) is 16.3. The number of benzene rings is 2. The van der Waals surface area contributed by atoms with Crippen molar-refractivity contribution in [3.05, 3.63) is 52.6 Å². The maximum absolute atomic E-state index is 13.1. The summed E-state index contributed by atoms with van der Waals surface area (Å²) in [4.78, 5) is 0. The summed E-state index contributed by atoms with van der Waals surface area (Å²) in [6, 6.07) is 7.09. The number of fused-ring (bicyclic) bond motifs is 3. The van der Waals surface area contributed by atoms with Crippen molar-refractivity contribution in [2.24, 2.45) is 0 Å². The van der Waals surface area contributed by atoms with Gasteiger partial charge in [0.05, 0.1) is 11.1 Å². The Bertz CT molecular complexity index is 758. The molecule has 0 heterocycles. The van der Waals surface area contributed by atoms with Crippen molar-refractivity contribution < 1.29 is 26.3 Å². The molecule has 0 aliphatic heterocycles. The summed E-state index contributed by atoms with van der Waals surface area (Å²) in [6.07, 6.45) is -10.2. The molecule has 1 aliphatic rings. The summed E-state index contributed by atoms with van der Waals surface area (Å²) >= 11 is 0. The van der Waals surface area contributed by atoms with E-state index in [0.717, 1.165) is 0 Å². The molecule has 0 saturated heterocycles. The van der Waals surface area contributed by atoms with Gasteiger partial charge in [-0.2, -0.15) is 26.3 Å². The van der Waals surface area contributed by atoms with Crippen molar-refractivity contribution in [1.29, 1.82) is 0 Å². The van der Waals surface area contributed by atoms with Gasteiger partial charge in [0.1, 0.15) is 0 Å². The Kier molecular flexibility index (Phi) is 2.95. The van der Waals surface area contributed by atoms with E-state index >= 15 is 0 Å². The van der Waals surface area contributed by atoms with E-state index in [4.69, 9.17) is 5.73 Å². The molecule has 0 amide bonds. The highest BCUT2D eigenvalue weighted by Gasteiger charge is 2.46. The maximum Gasteiger partial charge on any atom is 0.418 e. The molecule has 3 rings (SSSR count). The number of nitrogens with two attached hydrogens (primary N) is 1. The lowest BCUT2D eigenvalue weighted by Gasteiger charge is -2.20. The third-order valence-electron chi connectivity index (χ3n) is 3.74. The molecule has 0 atom stereocenters. The van der Waals surface area contributed by atoms with Gasteiger partial charge in [-0.25, -0.2) is 0 Å². The van der Waals surface area contributed by atoms with Gasteiger partial charge >= 0.3 is 12.4 Å². The zero-order valence-corrected chi connectivity index (χ0v) is 10.9. The minimum absolute atomic E-state index is 0.0958. The smallest absolute Gasteiger partial charge is 0.398 e. The van der Waals surface area contributed by atoms with Crippen molar-refractivity contribution in [2.45, 2.75) is 18.8 Å². The molecule has 0 spiro atoms. The Labute approximate surface area is 121 Å². The summed E-state index contributed by atoms with van der Waals surface area (Å²) in [5, 5.41) is 0. The lowest BCUT2D eigenvalue weighted by atomic mass is 9.95. The molecule has 0 bridgehead atoms. The van der Waals surface area contributed by atoms with E-state index in [9.17, 15) is 26.3 Å². The Balaban J connectivity index is 2.36. The minimum Gasteiger partial charge on any atom is -0.398 e. The van der Waals surface area contributed by atoms with Gasteiger partial charge in [0.2, 0.25) is 0 Å². The highest BCUT2D eigenvalue weighted by atomic mass is 19.4. The molecule has 0 unspecified atom stereocenters. The molecule has 116 valence electrons. The molecule has 0 radical (unpaired) electrons. The van der Waals surface area contributed by atoms with Crippen molar-refractivity contribution >= 4 is 5.69 Å². The Hall–Kier alpha value is -2.18. The van der Waals surface area contributed by atoms with Crippen LogP contribution >= 0.6 is 0 Å². The standard InChI is InChI=1S/C15H9F6N/c16-14(17,18)11-6-9-8-4-2-1-3-7(8)5-10(9)13(22)12(11)15(19,20)21/h1-4,6H,5,22H2. The van der Waals surface area contributed by atoms with Crippen LogP contribution in [0.5, 0.6) is 0 Å². The fourth-order valence-electron chi connectivity index (χ4n) is 2.83. The number of hydrogen-bond acceptors (Lipinski definition) is 1. The predicted octanol–water partition coefficient (Wildman–Crippen LogP) is 4.88. The summed E-state index contributed by atoms with van der Waals surface area (Å²) in [5.74, 6) is 0. The van der Waals surface area contributed by atoms with E-state index < -0.39 is 29.2 Å². The fraction of sp³-hybridized carbons (Fsp3) is 0.200. The van der Waals surface area contributed by atoms with Gasteiger partial charge in [-0.1, -0.05) is 24.3 Å². The van der Waals surface area contributed by atoms with Crippen LogP contribution in [0.15, 0.2) is 30.3 Å². The molecule has 1 nitrogen and oxygen atoms in total. The predicted molar refractivity (Wildman–Crippen MR) is 69.1 cm³/mol. The topological polar surface area (TPSA) is 26.0 Å². The second-order valence-electron chi connectivity index (χ2n) is 5.07. The highest BCUT2D eigenvalue weighted by molar-refractivity contribution is 5.84. The third kappa shape index (κ3) is 2.12. The summed E-state index contributed by atoms with van der Waals surface area (Å²) in [7, 11) is 0. The van der Waals surface area contributed by atoms with Gasteiger partial charge in [-0.15, -0.1) is 0 Å². The third-order valence-corrected chi connectivity index (χ3v) is 3.74. The first kappa shape index (κ1) is 14.7. The van der Waals surface area contributed by atoms with Crippen molar-refractivity contribution in [3.63, 3.8) is 0 Å². The molecule has 22 heavy (non-hydrogen) atoms. The van der Waals surface area contributed by atoms with Crippen molar-refractivity contribution in [2.75, 3.05) is 5.73 Å². The van der Waals surface area contributed by atoms with Crippen LogP contribution in [0.3, 0.4) is 0 Å². The van der Waals surface area contributed by atoms with E-state index in [2.05, 4.69) is 0 Å². The van der Waals surface area contributed by atoms with Crippen LogP contribution in [0.25, 0.3) is 11.1 Å². The molecule has 2 aromatic carbocycles. The van der Waals surface area contributed by atoms with Crippen LogP contribution in [0.1, 0.15) is 22.3 Å². The lowest BCUT2D eigenvalue weighted by Crippen LogP contribution is -2.20. The minimum atomic E-state index is -5.17. The van der Waals surface area contributed by atoms with Gasteiger partial charge in [0.15, 0.2) is 0 Å². The van der Waals surface area contributed by atoms with E-state index in [1.165, 1.54) is 0 Å². The molecular weight excluding hydrogens is 308 g/mol. The lowest BCUT2D eigenvalue weighted by molar-refractivity contribution is -0.161. The Morgan fingerprint density at radius 1 is 0.864 bits per heavy atom. The normalized spacial score (nSPS) is 13.9. The van der Waals surface area contributed by atoms with Crippen molar-refractivity contribution in [3.8, 4) is 11.1 Å². The largest absolute Gasteiger partial charge is 0.418 e. The monoisotopic (exact) mass is 317 g/mol. The van der Waals surface area contributed by atoms with Crippen LogP contribution in [0.4, 0.5) is 32.0 Å². The van der Waals surface area contributed by atoms with E-state index in [0.29, 0.717) is 17.2 Å². The molecule has 0 aromatic heterocycles. The van der Waals surface area contributed by atoms with E-state index in [1.807, 2.05) is 0 Å². The number of alkyl halides is 6. The molecule has 2 N–H and O–H groups in total. The molecule has 0 fully saturated rings. The Morgan fingerprint density at radius 3 is 2.09 bits per heavy atom. The molecule has 7 heteroatoms. The second kappa shape index (κ2) is 4.41. The van der Waals surface area contributed by atoms with Gasteiger partial charge in [-0.05, 0) is 28.3 Å². The van der Waals surface area contributed by atoms with Crippen LogP contribution in [-0.2, 0) is 18.8 Å². The highest BCUT2D eigenvalue weighted by Crippen LogP contribution is 2.50. The molecule has 1 aliphatic carbocycles. The summed E-state index contributed by atoms with van der Waals surface area (Å²) in [5.41, 5.74) is 2.47. The van der Waals surface area contributed by atoms with Crippen LogP contribution in [0, 0.1) is 0 Å². The second-order valence-corrected chi connectivity index (χ2v) is 5.07. The molecule has 0 saturated carbocycles. The SMILES string of the molecule is Nc1c2c(cc(C(F)(F)F)c1C(F)(F)F)-c1ccccc1C2. The van der Waals surface area contributed by atoms with Gasteiger partial charge in [0, 0.05) is 12.1 Å². The number of rotatable bonds is 0. The first-order valence-corrected chi connectivity index (χ1v) is 6.28. The average Bonchev–Trinajstić information content (AvgIpc) is 2.75.